The normalized spacial score (nSPS) is 31.7. The smallest absolute Gasteiger partial charge is 0.325 e. The summed E-state index contributed by atoms with van der Waals surface area (Å²) >= 11 is 7.38. The van der Waals surface area contributed by atoms with Crippen molar-refractivity contribution in [3.05, 3.63) is 5.28 Å². The Balaban J connectivity index is 1.43. The van der Waals surface area contributed by atoms with E-state index in [1.54, 1.807) is 0 Å². The van der Waals surface area contributed by atoms with E-state index in [9.17, 15) is 0 Å². The Morgan fingerprint density at radius 2 is 0.732 bits per heavy atom. The molecule has 2 atom stereocenters. The fraction of sp³-hybridized carbons (Fsp3) is 0.906. The van der Waals surface area contributed by atoms with Gasteiger partial charge in [0.15, 0.2) is 0 Å². The van der Waals surface area contributed by atoms with Crippen LogP contribution in [0.15, 0.2) is 0 Å². The van der Waals surface area contributed by atoms with E-state index in [4.69, 9.17) is 38.0 Å². The number of anilines is 2. The maximum Gasteiger partial charge on any atom is 0.444 e. The zero-order valence-corrected chi connectivity index (χ0v) is 49.0. The number of carbonyl (C=O) groups is 2. The maximum absolute atomic E-state index is 16.1. The summed E-state index contributed by atoms with van der Waals surface area (Å²) in [4.78, 5) is 62.2. The quantitative estimate of drug-likeness (QED) is 0.207. The first-order valence-corrected chi connectivity index (χ1v) is 27.5. The average molecular weight is 1010 g/mol. The third-order valence-corrected chi connectivity index (χ3v) is 20.3. The average Bonchev–Trinajstić information content (AvgIpc) is 3.72. The van der Waals surface area contributed by atoms with Crippen LogP contribution in [0.25, 0.3) is 0 Å². The number of nitrogens with two attached hydrogens (primary N) is 2. The van der Waals surface area contributed by atoms with Crippen molar-refractivity contribution in [3.63, 3.8) is 0 Å². The van der Waals surface area contributed by atoms with Crippen molar-refractivity contribution in [1.82, 2.24) is 44.4 Å². The highest BCUT2D eigenvalue weighted by atomic mass is 35.5. The second-order valence-electron chi connectivity index (χ2n) is 28.1. The number of piperidine rings is 4. The van der Waals surface area contributed by atoms with Crippen molar-refractivity contribution in [2.45, 2.75) is 231 Å². The van der Waals surface area contributed by atoms with Crippen LogP contribution in [-0.2, 0) is 0 Å². The van der Waals surface area contributed by atoms with E-state index in [-0.39, 0.29) is 108 Å². The van der Waals surface area contributed by atoms with Gasteiger partial charge in [-0.15, -0.1) is 9.18 Å². The minimum Gasteiger partial charge on any atom is -0.325 e. The topological polar surface area (TPSA) is 151 Å². The number of aromatic nitrogens is 3. The molecule has 404 valence electrons. The molecule has 7 heterocycles. The van der Waals surface area contributed by atoms with Crippen LogP contribution in [0.4, 0.5) is 21.5 Å². The van der Waals surface area contributed by atoms with Crippen LogP contribution in [-0.4, -0.2) is 215 Å². The molecule has 6 aliphatic heterocycles. The summed E-state index contributed by atoms with van der Waals surface area (Å²) in [6, 6.07) is -0.260. The van der Waals surface area contributed by atoms with E-state index < -0.39 is 0 Å². The minimum absolute atomic E-state index is 0.0272. The van der Waals surface area contributed by atoms with Crippen molar-refractivity contribution in [1.29, 1.82) is 0 Å². The van der Waals surface area contributed by atoms with Gasteiger partial charge in [-0.3, -0.25) is 29.4 Å². The molecule has 6 aliphatic rings. The van der Waals surface area contributed by atoms with Gasteiger partial charge in [0, 0.05) is 69.5 Å². The monoisotopic (exact) mass is 1010 g/mol. The van der Waals surface area contributed by atoms with Gasteiger partial charge in [0.05, 0.1) is 25.2 Å². The standard InChI is InChI=1S/C53H100ClN15O2/c1-46(2)29-37(30-47(3,4)60(46)17)64-23-27-68(25-21-55,44(64)70)66(39-33-50(9,10)62(19)51(11,12)34-39)42-57-41(54)58-43(59-42)67(40-35-52(13,14)63(20)53(15,16)36-40)69(26-22-56)28-24-65(45(69)71)38-31-48(5,6)61(18)49(7,8)32-38/h37-40H,21-36,55-56H2,1-20H3/q+2. The van der Waals surface area contributed by atoms with E-state index in [0.29, 0.717) is 51.2 Å². The molecule has 71 heavy (non-hydrogen) atoms. The van der Waals surface area contributed by atoms with Crippen LogP contribution in [0, 0.1) is 0 Å². The van der Waals surface area contributed by atoms with Gasteiger partial charge in [-0.25, -0.2) is 9.59 Å². The first-order valence-electron chi connectivity index (χ1n) is 27.1. The highest BCUT2D eigenvalue weighted by Crippen LogP contribution is 2.48. The van der Waals surface area contributed by atoms with Crippen molar-refractivity contribution < 1.29 is 18.8 Å². The molecule has 0 bridgehead atoms. The number of halogens is 1. The van der Waals surface area contributed by atoms with Gasteiger partial charge in [-0.1, -0.05) is 0 Å². The third kappa shape index (κ3) is 9.63. The molecule has 17 nitrogen and oxygen atoms in total. The number of nitrogens with zero attached hydrogens (tertiary/aromatic N) is 13. The van der Waals surface area contributed by atoms with E-state index in [1.165, 1.54) is 0 Å². The SMILES string of the molecule is CN1C(C)(C)CC(N2CC[N+](CCN)(N(c3nc(Cl)nc(N(C4CC(C)(C)N(C)C(C)(C)C4)[N+]4(CCN)CCN(C5CC(C)(C)N(C)C(C)(C)C5)C4=O)n3)C3CC(C)(C)N(C)C(C)(C)C3)C2=O)CC1(C)C. The second-order valence-corrected chi connectivity index (χ2v) is 28.5. The van der Waals surface area contributed by atoms with Gasteiger partial charge in [-0.2, -0.15) is 25.0 Å². The van der Waals surface area contributed by atoms with Crippen molar-refractivity contribution >= 4 is 35.6 Å². The number of hydrogen-bond acceptors (Lipinski definition) is 13. The summed E-state index contributed by atoms with van der Waals surface area (Å²) in [6.07, 6.45) is 6.38. The predicted octanol–water partition coefficient (Wildman–Crippen LogP) is 7.00. The van der Waals surface area contributed by atoms with E-state index in [2.05, 4.69) is 178 Å². The molecular weight excluding hydrogens is 914 g/mol. The summed E-state index contributed by atoms with van der Waals surface area (Å²) < 4.78 is -0.0922. The van der Waals surface area contributed by atoms with E-state index in [1.807, 2.05) is 0 Å². The van der Waals surface area contributed by atoms with Crippen LogP contribution < -0.4 is 21.5 Å². The van der Waals surface area contributed by atoms with Crippen LogP contribution in [0.5, 0.6) is 0 Å². The lowest BCUT2D eigenvalue weighted by Gasteiger charge is -2.57. The molecule has 7 rings (SSSR count). The predicted molar refractivity (Wildman–Crippen MR) is 288 cm³/mol. The minimum atomic E-state index is -0.252. The Bertz CT molecular complexity index is 1950. The Labute approximate surface area is 435 Å². The lowest BCUT2D eigenvalue weighted by atomic mass is 9.77. The molecule has 0 radical (unpaired) electrons. The van der Waals surface area contributed by atoms with Crippen molar-refractivity contribution in [2.24, 2.45) is 11.5 Å². The molecule has 4 N–H and O–H groups in total. The highest BCUT2D eigenvalue weighted by Gasteiger charge is 2.63. The largest absolute Gasteiger partial charge is 0.444 e. The molecule has 6 saturated heterocycles. The number of urea groups is 2. The van der Waals surface area contributed by atoms with Crippen LogP contribution in [0.1, 0.15) is 162 Å². The number of rotatable bonds is 12. The highest BCUT2D eigenvalue weighted by molar-refractivity contribution is 6.28. The fourth-order valence-corrected chi connectivity index (χ4v) is 15.6. The summed E-state index contributed by atoms with van der Waals surface area (Å²) in [5.74, 6) is 0.692. The molecule has 4 amide bonds. The summed E-state index contributed by atoms with van der Waals surface area (Å²) in [5, 5.41) is 4.48. The van der Waals surface area contributed by atoms with Crippen LogP contribution in [0.2, 0.25) is 5.28 Å². The number of quaternary nitrogens is 2. The number of hydrogen-bond donors (Lipinski definition) is 2. The van der Waals surface area contributed by atoms with Gasteiger partial charge in [0.2, 0.25) is 5.28 Å². The second kappa shape index (κ2) is 18.4. The van der Waals surface area contributed by atoms with Crippen LogP contribution in [0.3, 0.4) is 0 Å². The van der Waals surface area contributed by atoms with Gasteiger partial charge >= 0.3 is 12.1 Å². The van der Waals surface area contributed by atoms with Gasteiger partial charge in [0.25, 0.3) is 11.9 Å². The molecule has 1 aromatic rings. The molecular formula is C53H100ClN15O2+2. The molecule has 0 aliphatic carbocycles. The molecule has 6 fully saturated rings. The third-order valence-electron chi connectivity index (χ3n) is 20.2. The first kappa shape index (κ1) is 56.3. The van der Waals surface area contributed by atoms with Crippen molar-refractivity contribution in [2.75, 3.05) is 90.6 Å². The number of amides is 4. The molecule has 1 aromatic heterocycles. The van der Waals surface area contributed by atoms with Crippen molar-refractivity contribution in [3.8, 4) is 0 Å². The molecule has 0 spiro atoms. The Kier molecular flexibility index (Phi) is 14.6. The first-order chi connectivity index (χ1) is 32.4. The van der Waals surface area contributed by atoms with Crippen LogP contribution >= 0.6 is 11.6 Å². The summed E-state index contributed by atoms with van der Waals surface area (Å²) in [5.41, 5.74) is 11.9. The lowest BCUT2D eigenvalue weighted by Crippen LogP contribution is -2.73. The summed E-state index contributed by atoms with van der Waals surface area (Å²) in [7, 11) is 8.85. The number of likely N-dealkylation sites (tertiary alicyclic amines) is 4. The zero-order chi connectivity index (χ0) is 53.2. The van der Waals surface area contributed by atoms with E-state index in [0.717, 1.165) is 51.4 Å². The zero-order valence-electron chi connectivity index (χ0n) is 48.3. The van der Waals surface area contributed by atoms with E-state index >= 15 is 9.59 Å². The molecule has 18 heteroatoms. The fourth-order valence-electron chi connectivity index (χ4n) is 15.4. The Morgan fingerprint density at radius 1 is 0.479 bits per heavy atom. The Hall–Kier alpha value is -2.48. The van der Waals surface area contributed by atoms with Gasteiger partial charge in [0.1, 0.15) is 26.2 Å². The summed E-state index contributed by atoms with van der Waals surface area (Å²) in [6.45, 7) is 40.2. The number of carbonyl (C=O) groups excluding carboxylic acids is 2. The molecule has 0 aromatic carbocycles. The Morgan fingerprint density at radius 3 is 0.986 bits per heavy atom. The molecule has 0 saturated carbocycles. The van der Waals surface area contributed by atoms with Gasteiger partial charge in [-0.05, 0) is 202 Å². The lowest BCUT2D eigenvalue weighted by molar-refractivity contribution is -0.854. The van der Waals surface area contributed by atoms with Gasteiger partial charge < -0.3 is 11.5 Å². The maximum atomic E-state index is 16.1. The molecule has 2 unspecified atom stereocenters.